The summed E-state index contributed by atoms with van der Waals surface area (Å²) in [5, 5.41) is 9.45. The van der Waals surface area contributed by atoms with Gasteiger partial charge in [0, 0.05) is 9.92 Å². The Hall–Kier alpha value is -1.45. The highest BCUT2D eigenvalue weighted by atomic mass is 35.5. The number of benzene rings is 2. The minimum atomic E-state index is -0.824. The summed E-state index contributed by atoms with van der Waals surface area (Å²) < 4.78 is 0. The van der Waals surface area contributed by atoms with Crippen molar-refractivity contribution >= 4 is 29.3 Å². The maximum atomic E-state index is 11.4. The molecule has 0 amide bonds. The lowest BCUT2D eigenvalue weighted by Gasteiger charge is -2.13. The van der Waals surface area contributed by atoms with Gasteiger partial charge in [0.25, 0.3) is 0 Å². The molecule has 1 N–H and O–H groups in total. The van der Waals surface area contributed by atoms with Crippen molar-refractivity contribution in [3.63, 3.8) is 0 Å². The molecule has 0 fully saturated rings. The number of hydrogen-bond acceptors (Lipinski definition) is 2. The van der Waals surface area contributed by atoms with Crippen LogP contribution in [-0.2, 0) is 11.2 Å². The van der Waals surface area contributed by atoms with Crippen molar-refractivity contribution in [2.24, 2.45) is 0 Å². The van der Waals surface area contributed by atoms with E-state index in [0.29, 0.717) is 11.4 Å². The highest BCUT2D eigenvalue weighted by Gasteiger charge is 2.20. The molecule has 2 nitrogen and oxygen atoms in total. The van der Waals surface area contributed by atoms with Crippen molar-refractivity contribution < 1.29 is 9.90 Å². The molecular formula is C16H15ClO2S. The van der Waals surface area contributed by atoms with E-state index in [2.05, 4.69) is 0 Å². The zero-order chi connectivity index (χ0) is 14.5. The van der Waals surface area contributed by atoms with Crippen molar-refractivity contribution in [2.75, 3.05) is 0 Å². The highest BCUT2D eigenvalue weighted by molar-refractivity contribution is 8.00. The predicted octanol–water partition coefficient (Wildman–Crippen LogP) is 4.44. The van der Waals surface area contributed by atoms with Crippen molar-refractivity contribution in [1.82, 2.24) is 0 Å². The predicted molar refractivity (Wildman–Crippen MR) is 83.6 cm³/mol. The van der Waals surface area contributed by atoms with E-state index >= 15 is 0 Å². The zero-order valence-corrected chi connectivity index (χ0v) is 12.6. The number of thioether (sulfide) groups is 1. The van der Waals surface area contributed by atoms with E-state index in [1.54, 1.807) is 6.07 Å². The van der Waals surface area contributed by atoms with Gasteiger partial charge in [-0.15, -0.1) is 11.8 Å². The van der Waals surface area contributed by atoms with Crippen molar-refractivity contribution in [2.45, 2.75) is 23.5 Å². The van der Waals surface area contributed by atoms with Crippen LogP contribution in [0.3, 0.4) is 0 Å². The summed E-state index contributed by atoms with van der Waals surface area (Å²) in [6.07, 6.45) is 0.410. The molecule has 1 atom stereocenters. The first kappa shape index (κ1) is 14.9. The van der Waals surface area contributed by atoms with Crippen LogP contribution in [0.5, 0.6) is 0 Å². The third-order valence-electron chi connectivity index (χ3n) is 2.94. The van der Waals surface area contributed by atoms with Crippen molar-refractivity contribution in [3.05, 3.63) is 64.7 Å². The van der Waals surface area contributed by atoms with Crippen LogP contribution in [0.25, 0.3) is 0 Å². The van der Waals surface area contributed by atoms with Gasteiger partial charge in [-0.2, -0.15) is 0 Å². The Morgan fingerprint density at radius 3 is 2.45 bits per heavy atom. The normalized spacial score (nSPS) is 12.1. The molecule has 0 radical (unpaired) electrons. The summed E-state index contributed by atoms with van der Waals surface area (Å²) in [6.45, 7) is 2.01. The molecule has 0 aromatic heterocycles. The number of hydrogen-bond donors (Lipinski definition) is 1. The fourth-order valence-electron chi connectivity index (χ4n) is 1.82. The molecule has 0 saturated heterocycles. The lowest BCUT2D eigenvalue weighted by molar-refractivity contribution is -0.136. The standard InChI is InChI=1S/C16H15ClO2S/c1-11-6-8-13(9-7-11)20-15(16(18)19)10-12-4-2-3-5-14(12)17/h2-9,15H,10H2,1H3,(H,18,19)/t15-/m1/s1. The first-order valence-corrected chi connectivity index (χ1v) is 7.51. The minimum absolute atomic E-state index is 0.410. The fourth-order valence-corrected chi connectivity index (χ4v) is 3.02. The maximum Gasteiger partial charge on any atom is 0.317 e. The number of carboxylic acids is 1. The number of rotatable bonds is 5. The summed E-state index contributed by atoms with van der Waals surface area (Å²) in [5.74, 6) is -0.824. The van der Waals surface area contributed by atoms with E-state index in [4.69, 9.17) is 11.6 Å². The van der Waals surface area contributed by atoms with Crippen LogP contribution in [-0.4, -0.2) is 16.3 Å². The van der Waals surface area contributed by atoms with Gasteiger partial charge in [-0.1, -0.05) is 47.5 Å². The van der Waals surface area contributed by atoms with E-state index in [0.717, 1.165) is 16.0 Å². The molecule has 0 saturated carbocycles. The van der Waals surface area contributed by atoms with Crippen LogP contribution in [0.4, 0.5) is 0 Å². The molecule has 0 aliphatic rings. The second-order valence-corrected chi connectivity index (χ2v) is 6.24. The van der Waals surface area contributed by atoms with Gasteiger partial charge in [-0.3, -0.25) is 4.79 Å². The smallest absolute Gasteiger partial charge is 0.317 e. The Balaban J connectivity index is 2.14. The summed E-state index contributed by atoms with van der Waals surface area (Å²) in [6, 6.07) is 15.2. The van der Waals surface area contributed by atoms with Crippen LogP contribution in [0, 0.1) is 6.92 Å². The van der Waals surface area contributed by atoms with Crippen LogP contribution in [0.15, 0.2) is 53.4 Å². The van der Waals surface area contributed by atoms with Gasteiger partial charge < -0.3 is 5.11 Å². The Bertz CT molecular complexity index is 596. The highest BCUT2D eigenvalue weighted by Crippen LogP contribution is 2.28. The third-order valence-corrected chi connectivity index (χ3v) is 4.50. The van der Waals surface area contributed by atoms with Crippen molar-refractivity contribution in [3.8, 4) is 0 Å². The number of aliphatic carboxylic acids is 1. The van der Waals surface area contributed by atoms with Crippen molar-refractivity contribution in [1.29, 1.82) is 0 Å². The second-order valence-electron chi connectivity index (χ2n) is 4.55. The average molecular weight is 307 g/mol. The first-order valence-electron chi connectivity index (χ1n) is 6.26. The molecule has 0 unspecified atom stereocenters. The lowest BCUT2D eigenvalue weighted by Crippen LogP contribution is -2.19. The number of carbonyl (C=O) groups is 1. The quantitative estimate of drug-likeness (QED) is 0.830. The van der Waals surface area contributed by atoms with Crippen LogP contribution < -0.4 is 0 Å². The van der Waals surface area contributed by atoms with E-state index < -0.39 is 11.2 Å². The van der Waals surface area contributed by atoms with Gasteiger partial charge >= 0.3 is 5.97 Å². The molecular weight excluding hydrogens is 292 g/mol. The van der Waals surface area contributed by atoms with E-state index in [1.165, 1.54) is 11.8 Å². The van der Waals surface area contributed by atoms with Gasteiger partial charge in [-0.25, -0.2) is 0 Å². The molecule has 0 spiro atoms. The van der Waals surface area contributed by atoms with Crippen LogP contribution in [0.2, 0.25) is 5.02 Å². The van der Waals surface area contributed by atoms with E-state index in [1.807, 2.05) is 49.4 Å². The van der Waals surface area contributed by atoms with E-state index in [-0.39, 0.29) is 0 Å². The molecule has 2 rings (SSSR count). The molecule has 0 heterocycles. The lowest BCUT2D eigenvalue weighted by atomic mass is 10.1. The molecule has 0 aliphatic heterocycles. The third kappa shape index (κ3) is 4.02. The largest absolute Gasteiger partial charge is 0.480 e. The molecule has 104 valence electrons. The molecule has 4 heteroatoms. The minimum Gasteiger partial charge on any atom is -0.480 e. The molecule has 2 aromatic rings. The Kier molecular flexibility index (Phi) is 5.10. The second kappa shape index (κ2) is 6.82. The molecule has 0 aliphatic carbocycles. The zero-order valence-electron chi connectivity index (χ0n) is 11.0. The van der Waals surface area contributed by atoms with Gasteiger partial charge in [0.2, 0.25) is 0 Å². The molecule has 2 aromatic carbocycles. The Labute approximate surface area is 127 Å². The summed E-state index contributed by atoms with van der Waals surface area (Å²) in [5.41, 5.74) is 2.02. The van der Waals surface area contributed by atoms with Gasteiger partial charge in [0.1, 0.15) is 5.25 Å². The SMILES string of the molecule is Cc1ccc(S[C@H](Cc2ccccc2Cl)C(=O)O)cc1. The number of aryl methyl sites for hydroxylation is 1. The van der Waals surface area contributed by atoms with Gasteiger partial charge in [-0.05, 0) is 37.1 Å². The van der Waals surface area contributed by atoms with Crippen LogP contribution >= 0.6 is 23.4 Å². The monoisotopic (exact) mass is 306 g/mol. The summed E-state index contributed by atoms with van der Waals surface area (Å²) >= 11 is 7.45. The number of halogens is 1. The summed E-state index contributed by atoms with van der Waals surface area (Å²) in [7, 11) is 0. The van der Waals surface area contributed by atoms with E-state index in [9.17, 15) is 9.90 Å². The average Bonchev–Trinajstić information content (AvgIpc) is 2.42. The van der Waals surface area contributed by atoms with Gasteiger partial charge in [0.15, 0.2) is 0 Å². The maximum absolute atomic E-state index is 11.4. The fraction of sp³-hybridized carbons (Fsp3) is 0.188. The molecule has 20 heavy (non-hydrogen) atoms. The Morgan fingerprint density at radius 2 is 1.85 bits per heavy atom. The van der Waals surface area contributed by atoms with Crippen LogP contribution in [0.1, 0.15) is 11.1 Å². The summed E-state index contributed by atoms with van der Waals surface area (Å²) in [4.78, 5) is 12.4. The first-order chi connectivity index (χ1) is 9.56. The molecule has 0 bridgehead atoms. The topological polar surface area (TPSA) is 37.3 Å². The Morgan fingerprint density at radius 1 is 1.20 bits per heavy atom. The number of carboxylic acid groups (broad SMARTS) is 1. The van der Waals surface area contributed by atoms with Gasteiger partial charge in [0.05, 0.1) is 0 Å².